The molecule has 1 aromatic rings. The van der Waals surface area contributed by atoms with Gasteiger partial charge >= 0.3 is 0 Å². The van der Waals surface area contributed by atoms with E-state index in [1.807, 2.05) is 0 Å². The molecule has 1 spiro atoms. The summed E-state index contributed by atoms with van der Waals surface area (Å²) >= 11 is 0. The number of morpholine rings is 1. The molecule has 1 saturated carbocycles. The Morgan fingerprint density at radius 3 is 2.67 bits per heavy atom. The first-order valence-corrected chi connectivity index (χ1v) is 8.62. The van der Waals surface area contributed by atoms with Crippen molar-refractivity contribution in [1.29, 1.82) is 0 Å². The van der Waals surface area contributed by atoms with E-state index in [2.05, 4.69) is 50.4 Å². The Kier molecular flexibility index (Phi) is 4.37. The third-order valence-electron chi connectivity index (χ3n) is 5.34. The van der Waals surface area contributed by atoms with Crippen molar-refractivity contribution in [1.82, 2.24) is 5.32 Å². The summed E-state index contributed by atoms with van der Waals surface area (Å²) in [5.74, 6) is 0.789. The van der Waals surface area contributed by atoms with E-state index in [0.29, 0.717) is 6.04 Å². The summed E-state index contributed by atoms with van der Waals surface area (Å²) in [7, 11) is 0. The average molecular weight is 287 g/mol. The van der Waals surface area contributed by atoms with Crippen LogP contribution in [0.5, 0.6) is 0 Å². The third-order valence-corrected chi connectivity index (χ3v) is 5.34. The highest BCUT2D eigenvalue weighted by atomic mass is 16.5. The summed E-state index contributed by atoms with van der Waals surface area (Å²) in [6.07, 6.45) is 6.36. The van der Waals surface area contributed by atoms with Gasteiger partial charge in [-0.15, -0.1) is 0 Å². The summed E-state index contributed by atoms with van der Waals surface area (Å²) in [4.78, 5) is 0. The van der Waals surface area contributed by atoms with E-state index in [1.54, 1.807) is 0 Å². The lowest BCUT2D eigenvalue weighted by Gasteiger charge is -2.48. The van der Waals surface area contributed by atoms with Gasteiger partial charge in [-0.1, -0.05) is 51.0 Å². The molecule has 1 aliphatic carbocycles. The van der Waals surface area contributed by atoms with E-state index < -0.39 is 0 Å². The molecule has 116 valence electrons. The lowest BCUT2D eigenvalue weighted by molar-refractivity contribution is -0.158. The lowest BCUT2D eigenvalue weighted by Crippen LogP contribution is -2.56. The highest BCUT2D eigenvalue weighted by Gasteiger charge is 2.43. The smallest absolute Gasteiger partial charge is 0.0983 e. The van der Waals surface area contributed by atoms with E-state index in [0.717, 1.165) is 18.9 Å². The van der Waals surface area contributed by atoms with Crippen molar-refractivity contribution >= 4 is 0 Å². The minimum absolute atomic E-state index is 0.0677. The Balaban J connectivity index is 1.79. The number of benzene rings is 1. The molecule has 2 fully saturated rings. The molecule has 2 aliphatic rings. The molecular formula is C19H29NO. The van der Waals surface area contributed by atoms with Crippen LogP contribution in [-0.2, 0) is 11.2 Å². The number of rotatable bonds is 2. The first kappa shape index (κ1) is 15.1. The largest absolute Gasteiger partial charge is 0.364 e. The maximum absolute atomic E-state index is 6.69. The zero-order valence-corrected chi connectivity index (χ0v) is 13.7. The maximum Gasteiger partial charge on any atom is 0.0983 e. The van der Waals surface area contributed by atoms with Crippen LogP contribution in [0, 0.1) is 5.92 Å². The van der Waals surface area contributed by atoms with Crippen LogP contribution in [0.1, 0.15) is 63.7 Å². The molecule has 2 nitrogen and oxygen atoms in total. The molecule has 1 saturated heterocycles. The number of ether oxygens (including phenoxy) is 1. The molecule has 0 radical (unpaired) electrons. The summed E-state index contributed by atoms with van der Waals surface area (Å²) in [6.45, 7) is 7.83. The molecule has 21 heavy (non-hydrogen) atoms. The Morgan fingerprint density at radius 2 is 2.00 bits per heavy atom. The molecule has 1 aromatic carbocycles. The topological polar surface area (TPSA) is 21.3 Å². The molecule has 4 atom stereocenters. The second kappa shape index (κ2) is 6.10. The monoisotopic (exact) mass is 287 g/mol. The summed E-state index contributed by atoms with van der Waals surface area (Å²) in [5.41, 5.74) is 2.79. The van der Waals surface area contributed by atoms with Gasteiger partial charge in [0.2, 0.25) is 0 Å². The minimum Gasteiger partial charge on any atom is -0.364 e. The van der Waals surface area contributed by atoms with E-state index in [4.69, 9.17) is 4.74 Å². The van der Waals surface area contributed by atoms with Gasteiger partial charge in [-0.2, -0.15) is 0 Å². The van der Waals surface area contributed by atoms with Crippen LogP contribution in [0.2, 0.25) is 0 Å². The van der Waals surface area contributed by atoms with Crippen molar-refractivity contribution < 1.29 is 4.74 Å². The number of aryl methyl sites for hydroxylation is 1. The predicted octanol–water partition coefficient (Wildman–Crippen LogP) is 4.25. The number of hydrogen-bond acceptors (Lipinski definition) is 2. The first-order chi connectivity index (χ1) is 10.1. The van der Waals surface area contributed by atoms with E-state index in [1.165, 1.54) is 36.8 Å². The van der Waals surface area contributed by atoms with Gasteiger partial charge < -0.3 is 10.1 Å². The molecule has 1 aliphatic heterocycles. The molecule has 2 heteroatoms. The van der Waals surface area contributed by atoms with Crippen molar-refractivity contribution in [3.63, 3.8) is 0 Å². The van der Waals surface area contributed by atoms with Gasteiger partial charge in [-0.25, -0.2) is 0 Å². The molecular weight excluding hydrogens is 258 g/mol. The van der Waals surface area contributed by atoms with Crippen LogP contribution in [0.15, 0.2) is 24.3 Å². The molecule has 0 amide bonds. The Hall–Kier alpha value is -0.860. The molecule has 0 aromatic heterocycles. The second-order valence-corrected chi connectivity index (χ2v) is 7.19. The van der Waals surface area contributed by atoms with Crippen LogP contribution in [0.3, 0.4) is 0 Å². The lowest BCUT2D eigenvalue weighted by atomic mass is 9.77. The number of nitrogens with one attached hydrogen (secondary N) is 1. The zero-order chi connectivity index (χ0) is 14.9. The van der Waals surface area contributed by atoms with Crippen molar-refractivity contribution in [2.75, 3.05) is 6.54 Å². The SMILES string of the molecule is CCc1ccc(C2OC3(CCCC(C)C3)CNC2C)cc1. The standard InChI is InChI=1S/C19H29NO/c1-4-16-7-9-17(10-8-16)18-15(3)20-13-19(21-18)11-5-6-14(2)12-19/h7-10,14-15,18,20H,4-6,11-13H2,1-3H3. The van der Waals surface area contributed by atoms with Gasteiger partial charge in [0, 0.05) is 12.6 Å². The van der Waals surface area contributed by atoms with Crippen molar-refractivity contribution in [2.24, 2.45) is 5.92 Å². The van der Waals surface area contributed by atoms with Crippen LogP contribution in [0.25, 0.3) is 0 Å². The summed E-state index contributed by atoms with van der Waals surface area (Å²) in [6, 6.07) is 9.40. The highest BCUT2D eigenvalue weighted by Crippen LogP contribution is 2.41. The Labute approximate surface area is 129 Å². The first-order valence-electron chi connectivity index (χ1n) is 8.62. The maximum atomic E-state index is 6.69. The Morgan fingerprint density at radius 1 is 1.24 bits per heavy atom. The van der Waals surface area contributed by atoms with Crippen molar-refractivity contribution in [3.05, 3.63) is 35.4 Å². The number of hydrogen-bond donors (Lipinski definition) is 1. The summed E-state index contributed by atoms with van der Waals surface area (Å²) in [5, 5.41) is 3.72. The average Bonchev–Trinajstić information content (AvgIpc) is 2.50. The van der Waals surface area contributed by atoms with E-state index in [9.17, 15) is 0 Å². The van der Waals surface area contributed by atoms with E-state index >= 15 is 0 Å². The van der Waals surface area contributed by atoms with Gasteiger partial charge in [0.15, 0.2) is 0 Å². The fourth-order valence-electron chi connectivity index (χ4n) is 4.05. The summed E-state index contributed by atoms with van der Waals surface area (Å²) < 4.78 is 6.69. The molecule has 0 bridgehead atoms. The van der Waals surface area contributed by atoms with Gasteiger partial charge in [0.25, 0.3) is 0 Å². The molecule has 4 unspecified atom stereocenters. The van der Waals surface area contributed by atoms with Crippen molar-refractivity contribution in [2.45, 2.75) is 70.6 Å². The van der Waals surface area contributed by atoms with Gasteiger partial charge in [0.1, 0.15) is 0 Å². The van der Waals surface area contributed by atoms with Gasteiger partial charge in [0.05, 0.1) is 11.7 Å². The second-order valence-electron chi connectivity index (χ2n) is 7.19. The quantitative estimate of drug-likeness (QED) is 0.878. The molecule has 1 N–H and O–H groups in total. The van der Waals surface area contributed by atoms with Crippen LogP contribution in [-0.4, -0.2) is 18.2 Å². The normalized spacial score (nSPS) is 36.8. The minimum atomic E-state index is 0.0677. The Bertz CT molecular complexity index is 469. The fourth-order valence-corrected chi connectivity index (χ4v) is 4.05. The van der Waals surface area contributed by atoms with Gasteiger partial charge in [-0.05, 0) is 43.2 Å². The van der Waals surface area contributed by atoms with Crippen molar-refractivity contribution in [3.8, 4) is 0 Å². The predicted molar refractivity (Wildman–Crippen MR) is 87.5 cm³/mol. The third kappa shape index (κ3) is 3.17. The van der Waals surface area contributed by atoms with Gasteiger partial charge in [-0.3, -0.25) is 0 Å². The van der Waals surface area contributed by atoms with Crippen LogP contribution in [0.4, 0.5) is 0 Å². The highest BCUT2D eigenvalue weighted by molar-refractivity contribution is 5.26. The zero-order valence-electron chi connectivity index (χ0n) is 13.7. The molecule has 3 rings (SSSR count). The fraction of sp³-hybridized carbons (Fsp3) is 0.684. The molecule has 1 heterocycles. The van der Waals surface area contributed by atoms with E-state index in [-0.39, 0.29) is 11.7 Å². The van der Waals surface area contributed by atoms with Crippen LogP contribution < -0.4 is 5.32 Å². The van der Waals surface area contributed by atoms with Crippen LogP contribution >= 0.6 is 0 Å².